The number of hydrogen-bond donors (Lipinski definition) is 2. The molecule has 4 heterocycles. The van der Waals surface area contributed by atoms with Crippen LogP contribution in [0, 0.1) is 11.8 Å². The summed E-state index contributed by atoms with van der Waals surface area (Å²) in [7, 11) is 4.02. The SMILES string of the molecule is CN1CC2C(O)C(C1=CO)C(c1ccccn1)N(C)C2c1ccccn1. The second kappa shape index (κ2) is 6.70. The van der Waals surface area contributed by atoms with Gasteiger partial charge < -0.3 is 15.1 Å². The minimum absolute atomic E-state index is 0.00596. The molecular weight excluding hydrogens is 328 g/mol. The maximum absolute atomic E-state index is 11.2. The number of likely N-dealkylation sites (tertiary alicyclic amines) is 2. The lowest BCUT2D eigenvalue weighted by Crippen LogP contribution is -2.60. The lowest BCUT2D eigenvalue weighted by molar-refractivity contribution is -0.112. The number of pyridine rings is 2. The Hall–Kier alpha value is -2.44. The number of aliphatic hydroxyl groups is 2. The summed E-state index contributed by atoms with van der Waals surface area (Å²) in [5, 5.41) is 21.1. The average Bonchev–Trinajstić information content (AvgIpc) is 2.66. The summed E-state index contributed by atoms with van der Waals surface area (Å²) in [6, 6.07) is 11.5. The van der Waals surface area contributed by atoms with Gasteiger partial charge in [-0.15, -0.1) is 0 Å². The van der Waals surface area contributed by atoms with Gasteiger partial charge in [0.15, 0.2) is 0 Å². The smallest absolute Gasteiger partial charge is 0.0987 e. The van der Waals surface area contributed by atoms with Gasteiger partial charge in [-0.25, -0.2) is 0 Å². The third kappa shape index (κ3) is 2.57. The normalized spacial score (nSPS) is 33.4. The van der Waals surface area contributed by atoms with Crippen molar-refractivity contribution in [3.05, 3.63) is 72.1 Å². The first-order valence-electron chi connectivity index (χ1n) is 8.90. The van der Waals surface area contributed by atoms with E-state index in [2.05, 4.69) is 21.9 Å². The molecule has 0 radical (unpaired) electrons. The molecule has 2 aromatic rings. The van der Waals surface area contributed by atoms with Crippen LogP contribution in [0.5, 0.6) is 0 Å². The van der Waals surface area contributed by atoms with Crippen LogP contribution >= 0.6 is 0 Å². The molecule has 2 N–H and O–H groups in total. The van der Waals surface area contributed by atoms with Crippen LogP contribution in [0.25, 0.3) is 0 Å². The Balaban J connectivity index is 1.86. The van der Waals surface area contributed by atoms with Crippen LogP contribution < -0.4 is 0 Å². The van der Waals surface area contributed by atoms with Gasteiger partial charge in [0.1, 0.15) is 0 Å². The standard InChI is InChI=1S/C20H24N4O2/c1-23-11-13-18(14-7-3-5-9-21-14)24(2)19(15-8-4-6-10-22-15)17(20(13)26)16(23)12-25/h3-10,12-13,17-20,25-26H,11H2,1-2H3. The number of fused-ring (bicyclic) bond motifs is 2. The number of nitrogens with zero attached hydrogens (tertiary/aromatic N) is 4. The van der Waals surface area contributed by atoms with Gasteiger partial charge in [-0.3, -0.25) is 14.9 Å². The topological polar surface area (TPSA) is 72.7 Å². The number of hydrogen-bond acceptors (Lipinski definition) is 6. The molecule has 0 spiro atoms. The highest BCUT2D eigenvalue weighted by atomic mass is 16.3. The van der Waals surface area contributed by atoms with Crippen LogP contribution in [0.3, 0.4) is 0 Å². The monoisotopic (exact) mass is 352 g/mol. The lowest BCUT2D eigenvalue weighted by Gasteiger charge is -2.56. The molecule has 26 heavy (non-hydrogen) atoms. The third-order valence-electron chi connectivity index (χ3n) is 5.81. The summed E-state index contributed by atoms with van der Waals surface area (Å²) in [5.41, 5.74) is 2.58. The van der Waals surface area contributed by atoms with E-state index in [4.69, 9.17) is 0 Å². The molecule has 2 aliphatic heterocycles. The Morgan fingerprint density at radius 2 is 1.62 bits per heavy atom. The second-order valence-corrected chi connectivity index (χ2v) is 7.18. The molecule has 5 atom stereocenters. The van der Waals surface area contributed by atoms with Crippen molar-refractivity contribution < 1.29 is 10.2 Å². The molecule has 0 aliphatic carbocycles. The summed E-state index contributed by atoms with van der Waals surface area (Å²) in [6.07, 6.45) is 4.12. The van der Waals surface area contributed by atoms with Crippen molar-refractivity contribution >= 4 is 0 Å². The van der Waals surface area contributed by atoms with E-state index in [0.29, 0.717) is 6.54 Å². The predicted octanol–water partition coefficient (Wildman–Crippen LogP) is 2.14. The number of aliphatic hydroxyl groups excluding tert-OH is 2. The largest absolute Gasteiger partial charge is 0.514 e. The van der Waals surface area contributed by atoms with E-state index in [1.54, 1.807) is 12.4 Å². The van der Waals surface area contributed by atoms with Crippen molar-refractivity contribution in [2.45, 2.75) is 18.2 Å². The molecule has 0 aromatic carbocycles. The van der Waals surface area contributed by atoms with Gasteiger partial charge in [0.05, 0.1) is 41.5 Å². The predicted molar refractivity (Wildman–Crippen MR) is 98.0 cm³/mol. The molecule has 2 bridgehead atoms. The van der Waals surface area contributed by atoms with E-state index in [9.17, 15) is 10.2 Å². The molecule has 4 rings (SSSR count). The highest BCUT2D eigenvalue weighted by molar-refractivity contribution is 5.26. The summed E-state index contributed by atoms with van der Waals surface area (Å²) in [5.74, 6) is -0.253. The molecule has 2 aromatic heterocycles. The first kappa shape index (κ1) is 17.0. The van der Waals surface area contributed by atoms with E-state index < -0.39 is 6.10 Å². The first-order chi connectivity index (χ1) is 12.6. The zero-order valence-corrected chi connectivity index (χ0v) is 15.0. The second-order valence-electron chi connectivity index (χ2n) is 7.18. The molecule has 136 valence electrons. The van der Waals surface area contributed by atoms with E-state index in [1.165, 1.54) is 0 Å². The lowest BCUT2D eigenvalue weighted by atomic mass is 9.69. The Morgan fingerprint density at radius 3 is 2.15 bits per heavy atom. The fourth-order valence-corrected chi connectivity index (χ4v) is 4.70. The summed E-state index contributed by atoms with van der Waals surface area (Å²) >= 11 is 0. The molecule has 0 amide bonds. The van der Waals surface area contributed by atoms with Crippen molar-refractivity contribution in [2.75, 3.05) is 20.6 Å². The highest BCUT2D eigenvalue weighted by Crippen LogP contribution is 2.52. The van der Waals surface area contributed by atoms with Crippen molar-refractivity contribution in [2.24, 2.45) is 11.8 Å². The van der Waals surface area contributed by atoms with Crippen molar-refractivity contribution in [1.29, 1.82) is 0 Å². The molecule has 2 fully saturated rings. The van der Waals surface area contributed by atoms with Crippen LogP contribution in [-0.2, 0) is 0 Å². The first-order valence-corrected chi connectivity index (χ1v) is 8.90. The Kier molecular flexibility index (Phi) is 4.38. The number of rotatable bonds is 2. The van der Waals surface area contributed by atoms with E-state index in [0.717, 1.165) is 23.3 Å². The summed E-state index contributed by atoms with van der Waals surface area (Å²) in [4.78, 5) is 13.4. The molecule has 2 saturated heterocycles. The molecule has 2 aliphatic rings. The average molecular weight is 352 g/mol. The molecule has 6 nitrogen and oxygen atoms in total. The Bertz CT molecular complexity index is 783. The van der Waals surface area contributed by atoms with Crippen LogP contribution in [0.4, 0.5) is 0 Å². The van der Waals surface area contributed by atoms with Gasteiger partial charge in [0, 0.05) is 37.8 Å². The quantitative estimate of drug-likeness (QED) is 0.807. The molecular formula is C20H24N4O2. The minimum atomic E-state index is -0.584. The highest BCUT2D eigenvalue weighted by Gasteiger charge is 2.54. The molecule has 0 saturated carbocycles. The van der Waals surface area contributed by atoms with Crippen LogP contribution in [0.1, 0.15) is 23.5 Å². The van der Waals surface area contributed by atoms with Crippen molar-refractivity contribution in [3.63, 3.8) is 0 Å². The van der Waals surface area contributed by atoms with Gasteiger partial charge in [-0.1, -0.05) is 12.1 Å². The zero-order valence-electron chi connectivity index (χ0n) is 15.0. The summed E-state index contributed by atoms with van der Waals surface area (Å²) in [6.45, 7) is 0.657. The Morgan fingerprint density at radius 1 is 1.00 bits per heavy atom. The minimum Gasteiger partial charge on any atom is -0.514 e. The van der Waals surface area contributed by atoms with Gasteiger partial charge in [-0.05, 0) is 31.3 Å². The maximum atomic E-state index is 11.2. The number of aromatic nitrogens is 2. The Labute approximate surface area is 153 Å². The molecule has 6 heteroatoms. The van der Waals surface area contributed by atoms with Crippen LogP contribution in [0.15, 0.2) is 60.8 Å². The van der Waals surface area contributed by atoms with E-state index in [-0.39, 0.29) is 23.9 Å². The van der Waals surface area contributed by atoms with Crippen molar-refractivity contribution in [3.8, 4) is 0 Å². The van der Waals surface area contributed by atoms with E-state index in [1.807, 2.05) is 48.3 Å². The third-order valence-corrected chi connectivity index (χ3v) is 5.81. The number of piperidine rings is 2. The fourth-order valence-electron chi connectivity index (χ4n) is 4.70. The van der Waals surface area contributed by atoms with Gasteiger partial charge in [0.25, 0.3) is 0 Å². The summed E-state index contributed by atoms with van der Waals surface area (Å²) < 4.78 is 0. The van der Waals surface area contributed by atoms with Gasteiger partial charge in [-0.2, -0.15) is 0 Å². The fraction of sp³-hybridized carbons (Fsp3) is 0.400. The van der Waals surface area contributed by atoms with Gasteiger partial charge in [0.2, 0.25) is 0 Å². The van der Waals surface area contributed by atoms with E-state index >= 15 is 0 Å². The maximum Gasteiger partial charge on any atom is 0.0987 e. The van der Waals surface area contributed by atoms with Crippen molar-refractivity contribution in [1.82, 2.24) is 19.8 Å². The van der Waals surface area contributed by atoms with Crippen LogP contribution in [-0.4, -0.2) is 56.7 Å². The van der Waals surface area contributed by atoms with Gasteiger partial charge >= 0.3 is 0 Å². The van der Waals surface area contributed by atoms with Crippen LogP contribution in [0.2, 0.25) is 0 Å². The zero-order chi connectivity index (χ0) is 18.3. The molecule has 5 unspecified atom stereocenters.